The Morgan fingerprint density at radius 1 is 0.643 bits per heavy atom. The van der Waals surface area contributed by atoms with Gasteiger partial charge < -0.3 is 7.43 Å². The quantitative estimate of drug-likeness (QED) is 0.164. The van der Waals surface area contributed by atoms with Gasteiger partial charge in [0.1, 0.15) is 0 Å². The molecule has 0 bridgehead atoms. The van der Waals surface area contributed by atoms with Crippen LogP contribution < -0.4 is 23.3 Å². The number of hydrogen-bond acceptors (Lipinski definition) is 0. The van der Waals surface area contributed by atoms with Gasteiger partial charge in [0.2, 0.25) is 0 Å². The molecular weight excluding hydrogens is 259 g/mol. The third kappa shape index (κ3) is 2.53. The van der Waals surface area contributed by atoms with E-state index >= 15 is 0 Å². The first-order valence-corrected chi connectivity index (χ1v) is 5.04. The van der Waals surface area contributed by atoms with E-state index < -0.39 is 50.0 Å². The standard InChI is InChI=1S/C6H3F5Ge.CH3.Li/c7-1-2(8)4(10)6(12)5(11)3(1)9;;/h12H3;1H3;/q;-1;+1. The summed E-state index contributed by atoms with van der Waals surface area (Å²) in [5.41, 5.74) is 0. The summed E-state index contributed by atoms with van der Waals surface area (Å²) in [5, 5.41) is 0. The molecule has 0 saturated carbocycles. The van der Waals surface area contributed by atoms with Crippen LogP contribution >= 0.6 is 0 Å². The van der Waals surface area contributed by atoms with Gasteiger partial charge in [-0.3, -0.25) is 0 Å². The fourth-order valence-electron chi connectivity index (χ4n) is 0.715. The second kappa shape index (κ2) is 5.79. The number of hydrogen-bond donors (Lipinski definition) is 0. The van der Waals surface area contributed by atoms with E-state index in [1.165, 1.54) is 0 Å². The molecule has 1 aromatic carbocycles. The second-order valence-corrected chi connectivity index (χ2v) is 4.29. The number of benzene rings is 1. The van der Waals surface area contributed by atoms with E-state index in [9.17, 15) is 22.0 Å². The smallest absolute Gasteiger partial charge is 0.358 e. The molecule has 0 unspecified atom stereocenters. The van der Waals surface area contributed by atoms with Gasteiger partial charge in [0.15, 0.2) is 0 Å². The van der Waals surface area contributed by atoms with Gasteiger partial charge in [-0.2, -0.15) is 0 Å². The van der Waals surface area contributed by atoms with E-state index in [1.807, 2.05) is 0 Å². The molecule has 0 N–H and O–H groups in total. The van der Waals surface area contributed by atoms with Crippen molar-refractivity contribution < 1.29 is 40.8 Å². The Morgan fingerprint density at radius 3 is 1.14 bits per heavy atom. The predicted molar refractivity (Wildman–Crippen MR) is 42.2 cm³/mol. The Hall–Kier alpha value is 0.0103. The average Bonchev–Trinajstić information content (AvgIpc) is 2.08. The Balaban J connectivity index is 0. The molecule has 1 rings (SSSR count). The van der Waals surface area contributed by atoms with Crippen molar-refractivity contribution in [3.8, 4) is 0 Å². The summed E-state index contributed by atoms with van der Waals surface area (Å²) in [6.07, 6.45) is 0. The van der Waals surface area contributed by atoms with E-state index in [-0.39, 0.29) is 26.3 Å². The Labute approximate surface area is 98.3 Å². The molecule has 0 atom stereocenters. The van der Waals surface area contributed by atoms with Crippen molar-refractivity contribution in [1.82, 2.24) is 0 Å². The second-order valence-electron chi connectivity index (χ2n) is 2.19. The van der Waals surface area contributed by atoms with Crippen LogP contribution in [-0.2, 0) is 0 Å². The van der Waals surface area contributed by atoms with Crippen molar-refractivity contribution in [2.24, 2.45) is 0 Å². The first kappa shape index (κ1) is 16.4. The van der Waals surface area contributed by atoms with Crippen LogP contribution in [0, 0.1) is 36.5 Å². The molecule has 7 heteroatoms. The van der Waals surface area contributed by atoms with Crippen LogP contribution in [0.2, 0.25) is 0 Å². The van der Waals surface area contributed by atoms with Crippen LogP contribution in [-0.4, -0.2) is 16.5 Å². The van der Waals surface area contributed by atoms with E-state index in [0.29, 0.717) is 0 Å². The van der Waals surface area contributed by atoms with Crippen molar-refractivity contribution >= 4 is 20.9 Å². The van der Waals surface area contributed by atoms with Crippen molar-refractivity contribution in [1.29, 1.82) is 0 Å². The Bertz CT molecular complexity index is 236. The fraction of sp³-hybridized carbons (Fsp3) is 0. The molecule has 0 saturated heterocycles. The van der Waals surface area contributed by atoms with Crippen molar-refractivity contribution in [3.05, 3.63) is 36.5 Å². The van der Waals surface area contributed by atoms with Crippen molar-refractivity contribution in [2.45, 2.75) is 0 Å². The molecule has 74 valence electrons. The first-order chi connectivity index (χ1) is 5.46. The van der Waals surface area contributed by atoms with Gasteiger partial charge >= 0.3 is 90.8 Å². The molecule has 0 heterocycles. The molecular formula is C7H6F5GeLi. The molecule has 14 heavy (non-hydrogen) atoms. The normalized spacial score (nSPS) is 9.21. The van der Waals surface area contributed by atoms with Crippen LogP contribution in [0.1, 0.15) is 0 Å². The molecule has 0 spiro atoms. The van der Waals surface area contributed by atoms with Gasteiger partial charge in [-0.05, 0) is 0 Å². The first-order valence-electron chi connectivity index (χ1n) is 2.94. The third-order valence-corrected chi connectivity index (χ3v) is 3.27. The monoisotopic (exact) mass is 266 g/mol. The number of halogens is 5. The summed E-state index contributed by atoms with van der Waals surface area (Å²) in [7, 11) is 0. The molecule has 0 nitrogen and oxygen atoms in total. The maximum Gasteiger partial charge on any atom is 1.00 e. The van der Waals surface area contributed by atoms with Gasteiger partial charge in [0.05, 0.1) is 0 Å². The summed E-state index contributed by atoms with van der Waals surface area (Å²) < 4.78 is 61.1. The summed E-state index contributed by atoms with van der Waals surface area (Å²) in [6, 6.07) is 0. The Morgan fingerprint density at radius 2 is 0.857 bits per heavy atom. The molecule has 0 aliphatic rings. The third-order valence-electron chi connectivity index (χ3n) is 1.43. The van der Waals surface area contributed by atoms with Crippen LogP contribution in [0.15, 0.2) is 0 Å². The zero-order chi connectivity index (χ0) is 9.46. The zero-order valence-corrected chi connectivity index (χ0v) is 12.1. The van der Waals surface area contributed by atoms with Gasteiger partial charge in [0.25, 0.3) is 0 Å². The fourth-order valence-corrected chi connectivity index (χ4v) is 1.64. The SMILES string of the molecule is Fc1c(F)c(F)[c]([GeH3])c(F)c1F.[CH3-].[Li+]. The van der Waals surface area contributed by atoms with Gasteiger partial charge in [-0.15, -0.1) is 0 Å². The predicted octanol–water partition coefficient (Wildman–Crippen LogP) is -2.17. The van der Waals surface area contributed by atoms with Crippen molar-refractivity contribution in [2.75, 3.05) is 0 Å². The van der Waals surface area contributed by atoms with E-state index in [0.717, 1.165) is 0 Å². The zero-order valence-electron chi connectivity index (χ0n) is 7.89. The minimum absolute atomic E-state index is 0. The molecule has 0 aliphatic carbocycles. The molecule has 0 fully saturated rings. The Kier molecular flexibility index (Phi) is 6.79. The molecule has 1 aromatic rings. The minimum atomic E-state index is -2.10. The van der Waals surface area contributed by atoms with E-state index in [1.54, 1.807) is 0 Å². The van der Waals surface area contributed by atoms with Gasteiger partial charge in [-0.25, -0.2) is 0 Å². The topological polar surface area (TPSA) is 0 Å². The maximum atomic E-state index is 12.5. The molecule has 0 aliphatic heterocycles. The number of rotatable bonds is 0. The largest absolute Gasteiger partial charge is 1.00 e. The molecule has 0 radical (unpaired) electrons. The van der Waals surface area contributed by atoms with E-state index in [2.05, 4.69) is 0 Å². The molecule has 0 aromatic heterocycles. The summed E-state index contributed by atoms with van der Waals surface area (Å²) in [5.74, 6) is -9.23. The average molecular weight is 265 g/mol. The summed E-state index contributed by atoms with van der Waals surface area (Å²) in [4.78, 5) is 0. The van der Waals surface area contributed by atoms with Crippen molar-refractivity contribution in [3.63, 3.8) is 0 Å². The summed E-state index contributed by atoms with van der Waals surface area (Å²) in [6.45, 7) is 0. The maximum absolute atomic E-state index is 12.5. The van der Waals surface area contributed by atoms with Crippen LogP contribution in [0.4, 0.5) is 22.0 Å². The van der Waals surface area contributed by atoms with Gasteiger partial charge in [0, 0.05) is 0 Å². The van der Waals surface area contributed by atoms with Crippen LogP contribution in [0.25, 0.3) is 0 Å². The van der Waals surface area contributed by atoms with E-state index in [4.69, 9.17) is 0 Å². The summed E-state index contributed by atoms with van der Waals surface area (Å²) >= 11 is -0.587. The van der Waals surface area contributed by atoms with Gasteiger partial charge in [-0.1, -0.05) is 0 Å². The minimum Gasteiger partial charge on any atom is -0.358 e. The molecule has 0 amide bonds. The van der Waals surface area contributed by atoms with Crippen LogP contribution in [0.3, 0.4) is 0 Å². The van der Waals surface area contributed by atoms with Crippen LogP contribution in [0.5, 0.6) is 0 Å².